The van der Waals surface area contributed by atoms with Crippen molar-refractivity contribution in [3.05, 3.63) is 52.3 Å². The van der Waals surface area contributed by atoms with E-state index in [0.717, 1.165) is 29.3 Å². The van der Waals surface area contributed by atoms with Crippen LogP contribution in [-0.2, 0) is 13.6 Å². The highest BCUT2D eigenvalue weighted by molar-refractivity contribution is 7.99. The lowest BCUT2D eigenvalue weighted by atomic mass is 10.0. The molecule has 0 amide bonds. The Balaban J connectivity index is 1.74. The summed E-state index contributed by atoms with van der Waals surface area (Å²) < 4.78 is 1.86. The van der Waals surface area contributed by atoms with Gasteiger partial charge in [0.2, 0.25) is 0 Å². The summed E-state index contributed by atoms with van der Waals surface area (Å²) in [5.41, 5.74) is 3.11. The number of fused-ring (bicyclic) bond motifs is 1. The molecule has 1 unspecified atom stereocenters. The van der Waals surface area contributed by atoms with Crippen LogP contribution < -0.4 is 5.32 Å². The largest absolute Gasteiger partial charge is 0.342 e. The third-order valence-electron chi connectivity index (χ3n) is 3.74. The van der Waals surface area contributed by atoms with Gasteiger partial charge < -0.3 is 9.88 Å². The van der Waals surface area contributed by atoms with Crippen LogP contribution in [0.4, 0.5) is 0 Å². The Morgan fingerprint density at radius 1 is 1.48 bits per heavy atom. The Morgan fingerprint density at radius 2 is 2.33 bits per heavy atom. The minimum absolute atomic E-state index is 0.325. The molecular formula is C16H16ClN3S. The Morgan fingerprint density at radius 3 is 3.10 bits per heavy atom. The lowest BCUT2D eigenvalue weighted by Crippen LogP contribution is -2.24. The second-order valence-corrected chi connectivity index (χ2v) is 6.78. The van der Waals surface area contributed by atoms with E-state index in [0.29, 0.717) is 11.7 Å². The zero-order chi connectivity index (χ0) is 14.8. The van der Waals surface area contributed by atoms with Crippen molar-refractivity contribution in [2.45, 2.75) is 23.9 Å². The van der Waals surface area contributed by atoms with Crippen molar-refractivity contribution in [1.29, 1.82) is 5.26 Å². The van der Waals surface area contributed by atoms with Crippen molar-refractivity contribution in [2.75, 3.05) is 5.75 Å². The van der Waals surface area contributed by atoms with Gasteiger partial charge in [-0.3, -0.25) is 0 Å². The first kappa shape index (κ1) is 14.5. The number of hydrogen-bond acceptors (Lipinski definition) is 3. The maximum Gasteiger partial charge on any atom is 0.120 e. The minimum atomic E-state index is 0.325. The zero-order valence-corrected chi connectivity index (χ0v) is 13.3. The monoisotopic (exact) mass is 317 g/mol. The zero-order valence-electron chi connectivity index (χ0n) is 11.8. The molecule has 1 aliphatic rings. The number of nitriles is 1. The van der Waals surface area contributed by atoms with Crippen LogP contribution in [0.15, 0.2) is 35.4 Å². The summed E-state index contributed by atoms with van der Waals surface area (Å²) in [4.78, 5) is 1.31. The first-order valence-corrected chi connectivity index (χ1v) is 8.24. The number of hydrogen-bond donors (Lipinski definition) is 1. The van der Waals surface area contributed by atoms with E-state index < -0.39 is 0 Å². The summed E-state index contributed by atoms with van der Waals surface area (Å²) in [5.74, 6) is 1.12. The quantitative estimate of drug-likeness (QED) is 0.934. The summed E-state index contributed by atoms with van der Waals surface area (Å²) in [6.45, 7) is 0.761. The van der Waals surface area contributed by atoms with Crippen molar-refractivity contribution in [1.82, 2.24) is 9.88 Å². The predicted molar refractivity (Wildman–Crippen MR) is 86.5 cm³/mol. The molecule has 0 radical (unpaired) electrons. The highest BCUT2D eigenvalue weighted by atomic mass is 35.5. The van der Waals surface area contributed by atoms with Crippen molar-refractivity contribution in [2.24, 2.45) is 7.05 Å². The van der Waals surface area contributed by atoms with Gasteiger partial charge in [0.1, 0.15) is 11.8 Å². The molecule has 0 bridgehead atoms. The highest BCUT2D eigenvalue weighted by Gasteiger charge is 2.20. The van der Waals surface area contributed by atoms with Gasteiger partial charge in [-0.2, -0.15) is 5.26 Å². The molecule has 0 saturated carbocycles. The van der Waals surface area contributed by atoms with Gasteiger partial charge in [0, 0.05) is 35.7 Å². The number of halogens is 1. The van der Waals surface area contributed by atoms with Gasteiger partial charge in [-0.25, -0.2) is 0 Å². The smallest absolute Gasteiger partial charge is 0.120 e. The predicted octanol–water partition coefficient (Wildman–Crippen LogP) is 3.88. The minimum Gasteiger partial charge on any atom is -0.342 e. The summed E-state index contributed by atoms with van der Waals surface area (Å²) in [7, 11) is 1.90. The van der Waals surface area contributed by atoms with E-state index in [-0.39, 0.29) is 0 Å². The number of benzene rings is 1. The van der Waals surface area contributed by atoms with Gasteiger partial charge in [0.25, 0.3) is 0 Å². The molecule has 1 aromatic carbocycles. The molecule has 3 nitrogen and oxygen atoms in total. The van der Waals surface area contributed by atoms with Crippen LogP contribution in [-0.4, -0.2) is 10.3 Å². The molecule has 108 valence electrons. The van der Waals surface area contributed by atoms with E-state index in [4.69, 9.17) is 16.9 Å². The summed E-state index contributed by atoms with van der Waals surface area (Å²) in [6, 6.07) is 10.6. The second-order valence-electron chi connectivity index (χ2n) is 5.21. The van der Waals surface area contributed by atoms with Crippen molar-refractivity contribution in [3.8, 4) is 6.07 Å². The third-order valence-corrected chi connectivity index (χ3v) is 5.10. The molecule has 0 spiro atoms. The Kier molecular flexibility index (Phi) is 4.25. The van der Waals surface area contributed by atoms with Crippen LogP contribution in [0.2, 0.25) is 5.02 Å². The van der Waals surface area contributed by atoms with Gasteiger partial charge in [-0.1, -0.05) is 11.6 Å². The standard InChI is InChI=1S/C16H16ClN3S/c1-20-10-11(6-13(20)8-18)9-19-15-4-5-21-16-3-2-12(17)7-14(15)16/h2-3,6-7,10,15,19H,4-5,9H2,1H3. The SMILES string of the molecule is Cn1cc(CNC2CCSc3ccc(Cl)cc32)cc1C#N. The molecule has 0 saturated heterocycles. The molecule has 2 aromatic rings. The van der Waals surface area contributed by atoms with Crippen molar-refractivity contribution in [3.63, 3.8) is 0 Å². The average molecular weight is 318 g/mol. The Hall–Kier alpha value is -1.41. The number of aryl methyl sites for hydroxylation is 1. The highest BCUT2D eigenvalue weighted by Crippen LogP contribution is 2.37. The van der Waals surface area contributed by atoms with E-state index >= 15 is 0 Å². The maximum absolute atomic E-state index is 9.00. The Labute approximate surface area is 133 Å². The van der Waals surface area contributed by atoms with Crippen molar-refractivity contribution >= 4 is 23.4 Å². The molecule has 1 atom stereocenters. The summed E-state index contributed by atoms with van der Waals surface area (Å²) in [5, 5.41) is 13.4. The molecule has 2 heterocycles. The van der Waals surface area contributed by atoms with E-state index in [1.807, 2.05) is 41.7 Å². The Bertz CT molecular complexity index is 702. The van der Waals surface area contributed by atoms with Gasteiger partial charge in [-0.05, 0) is 47.6 Å². The number of rotatable bonds is 3. The molecule has 0 fully saturated rings. The second kappa shape index (κ2) is 6.15. The van der Waals surface area contributed by atoms with E-state index in [1.165, 1.54) is 10.5 Å². The first-order valence-electron chi connectivity index (χ1n) is 6.88. The molecule has 3 rings (SSSR count). The molecule has 5 heteroatoms. The average Bonchev–Trinajstić information content (AvgIpc) is 2.85. The molecule has 1 aliphatic heterocycles. The molecule has 1 N–H and O–H groups in total. The van der Waals surface area contributed by atoms with Crippen LogP contribution in [0, 0.1) is 11.3 Å². The molecule has 1 aromatic heterocycles. The topological polar surface area (TPSA) is 40.8 Å². The van der Waals surface area contributed by atoms with Crippen LogP contribution in [0.25, 0.3) is 0 Å². The van der Waals surface area contributed by atoms with E-state index in [2.05, 4.69) is 23.5 Å². The van der Waals surface area contributed by atoms with Crippen LogP contribution in [0.5, 0.6) is 0 Å². The van der Waals surface area contributed by atoms with Crippen LogP contribution in [0.3, 0.4) is 0 Å². The number of thioether (sulfide) groups is 1. The molecule has 21 heavy (non-hydrogen) atoms. The number of nitrogens with one attached hydrogen (secondary N) is 1. The van der Waals surface area contributed by atoms with Crippen LogP contribution >= 0.6 is 23.4 Å². The van der Waals surface area contributed by atoms with Crippen LogP contribution in [0.1, 0.15) is 29.3 Å². The van der Waals surface area contributed by atoms with Gasteiger partial charge in [0.15, 0.2) is 0 Å². The third kappa shape index (κ3) is 3.11. The first-order chi connectivity index (χ1) is 10.2. The fourth-order valence-electron chi connectivity index (χ4n) is 2.66. The van der Waals surface area contributed by atoms with Gasteiger partial charge in [0.05, 0.1) is 0 Å². The van der Waals surface area contributed by atoms with E-state index in [9.17, 15) is 0 Å². The van der Waals surface area contributed by atoms with Gasteiger partial charge in [-0.15, -0.1) is 11.8 Å². The number of nitrogens with zero attached hydrogens (tertiary/aromatic N) is 2. The lowest BCUT2D eigenvalue weighted by Gasteiger charge is -2.26. The van der Waals surface area contributed by atoms with E-state index in [1.54, 1.807) is 0 Å². The van der Waals surface area contributed by atoms with Gasteiger partial charge >= 0.3 is 0 Å². The normalized spacial score (nSPS) is 17.3. The fraction of sp³-hybridized carbons (Fsp3) is 0.312. The molecule has 0 aliphatic carbocycles. The summed E-state index contributed by atoms with van der Waals surface area (Å²) >= 11 is 8.01. The fourth-order valence-corrected chi connectivity index (χ4v) is 3.95. The maximum atomic E-state index is 9.00. The summed E-state index contributed by atoms with van der Waals surface area (Å²) in [6.07, 6.45) is 3.10. The lowest BCUT2D eigenvalue weighted by molar-refractivity contribution is 0.510. The number of aromatic nitrogens is 1. The van der Waals surface area contributed by atoms with Crippen molar-refractivity contribution < 1.29 is 0 Å². The molecular weight excluding hydrogens is 302 g/mol.